The van der Waals surface area contributed by atoms with E-state index in [4.69, 9.17) is 0 Å². The molecule has 1 amide bonds. The van der Waals surface area contributed by atoms with Crippen molar-refractivity contribution in [1.29, 1.82) is 0 Å². The van der Waals surface area contributed by atoms with Gasteiger partial charge < -0.3 is 4.52 Å². The van der Waals surface area contributed by atoms with E-state index >= 15 is 0 Å². The average Bonchev–Trinajstić information content (AvgIpc) is 2.98. The second-order valence-corrected chi connectivity index (χ2v) is 4.69. The van der Waals surface area contributed by atoms with E-state index in [0.717, 1.165) is 0 Å². The molecule has 0 aliphatic heterocycles. The number of hydrogen-bond acceptors (Lipinski definition) is 4. The molecule has 0 saturated carbocycles. The number of amides is 1. The molecule has 1 aromatic carbocycles. The molecule has 0 aliphatic rings. The molecule has 5 nitrogen and oxygen atoms in total. The predicted molar refractivity (Wildman–Crippen MR) is 67.0 cm³/mol. The summed E-state index contributed by atoms with van der Waals surface area (Å²) in [5, 5.41) is 4.03. The Balaban J connectivity index is 2.44. The van der Waals surface area contributed by atoms with Crippen LogP contribution in [0.4, 0.5) is 30.7 Å². The Morgan fingerprint density at radius 2 is 1.80 bits per heavy atom. The highest BCUT2D eigenvalue weighted by Gasteiger charge is 2.40. The number of hydrogen-bond donors (Lipinski definition) is 1. The molecule has 1 N–H and O–H groups in total. The molecule has 12 heteroatoms. The Labute approximate surface area is 134 Å². The third-order valence-electron chi connectivity index (χ3n) is 2.95. The zero-order chi connectivity index (χ0) is 19.0. The molecule has 0 atom stereocenters. The summed E-state index contributed by atoms with van der Waals surface area (Å²) >= 11 is 0. The van der Waals surface area contributed by atoms with Gasteiger partial charge in [-0.2, -0.15) is 26.9 Å². The summed E-state index contributed by atoms with van der Waals surface area (Å²) in [5.74, 6) is -7.90. The van der Waals surface area contributed by atoms with Crippen molar-refractivity contribution in [3.63, 3.8) is 0 Å². The van der Waals surface area contributed by atoms with E-state index in [9.17, 15) is 35.5 Å². The lowest BCUT2D eigenvalue weighted by molar-refractivity contribution is -0.159. The fraction of sp³-hybridized carbons (Fsp3) is 0.308. The summed E-state index contributed by atoms with van der Waals surface area (Å²) in [7, 11) is 0. The molecule has 0 saturated heterocycles. The number of nitrogens with one attached hydrogen (secondary N) is 1. The number of benzene rings is 1. The summed E-state index contributed by atoms with van der Waals surface area (Å²) in [6.07, 6.45) is -5.35. The number of carbonyl (C=O) groups is 1. The quantitative estimate of drug-likeness (QED) is 0.659. The number of rotatable bonds is 4. The van der Waals surface area contributed by atoms with E-state index in [1.165, 1.54) is 12.2 Å². The molecule has 1 heterocycles. The topological polar surface area (TPSA) is 68.0 Å². The van der Waals surface area contributed by atoms with E-state index in [1.54, 1.807) is 0 Å². The molecular weight excluding hydrogens is 363 g/mol. The molecule has 0 radical (unpaired) electrons. The first kappa shape index (κ1) is 18.7. The normalized spacial score (nSPS) is 12.3. The van der Waals surface area contributed by atoms with E-state index in [1.807, 2.05) is 0 Å². The number of aromatic nitrogens is 2. The zero-order valence-corrected chi connectivity index (χ0v) is 12.2. The van der Waals surface area contributed by atoms with Gasteiger partial charge in [-0.15, -0.1) is 0 Å². The van der Waals surface area contributed by atoms with Crippen molar-refractivity contribution >= 4 is 5.91 Å². The Morgan fingerprint density at radius 1 is 1.16 bits per heavy atom. The first-order valence-corrected chi connectivity index (χ1v) is 6.56. The molecule has 1 aromatic heterocycles. The molecule has 2 rings (SSSR count). The number of alkyl halides is 5. The second-order valence-electron chi connectivity index (χ2n) is 4.69. The van der Waals surface area contributed by atoms with Crippen molar-refractivity contribution in [2.45, 2.75) is 25.6 Å². The van der Waals surface area contributed by atoms with Crippen molar-refractivity contribution in [2.75, 3.05) is 0 Å². The van der Waals surface area contributed by atoms with Crippen LogP contribution in [0.5, 0.6) is 0 Å². The first-order valence-electron chi connectivity index (χ1n) is 6.56. The maximum Gasteiger partial charge on any atom is 0.471 e. The van der Waals surface area contributed by atoms with E-state index < -0.39 is 52.6 Å². The minimum absolute atomic E-state index is 0.332. The van der Waals surface area contributed by atoms with Crippen LogP contribution in [0.15, 0.2) is 16.7 Å². The van der Waals surface area contributed by atoms with E-state index in [0.29, 0.717) is 12.1 Å². The van der Waals surface area contributed by atoms with Gasteiger partial charge in [-0.25, -0.2) is 8.78 Å². The van der Waals surface area contributed by atoms with Gasteiger partial charge >= 0.3 is 18.1 Å². The van der Waals surface area contributed by atoms with Crippen molar-refractivity contribution in [3.05, 3.63) is 35.2 Å². The Morgan fingerprint density at radius 3 is 2.32 bits per heavy atom. The second kappa shape index (κ2) is 6.33. The van der Waals surface area contributed by atoms with Crippen LogP contribution in [-0.4, -0.2) is 16.0 Å². The summed E-state index contributed by atoms with van der Waals surface area (Å²) < 4.78 is 96.5. The van der Waals surface area contributed by atoms with Gasteiger partial charge in [0.2, 0.25) is 11.7 Å². The highest BCUT2D eigenvalue weighted by molar-refractivity contribution is 5.76. The standard InChI is InChI=1S/C13H8F7N3O2/c1-2-7(24)22-13(19,20)6-4-3-5(8(14)9(6)15)10-21-11(25-23-10)12(16,17)18/h3-4H,2H2,1H3,(H,22,24). The van der Waals surface area contributed by atoms with Crippen LogP contribution < -0.4 is 5.32 Å². The minimum atomic E-state index is -5.02. The highest BCUT2D eigenvalue weighted by atomic mass is 19.4. The van der Waals surface area contributed by atoms with Gasteiger partial charge in [0.1, 0.15) is 0 Å². The van der Waals surface area contributed by atoms with Gasteiger partial charge in [-0.1, -0.05) is 12.1 Å². The lowest BCUT2D eigenvalue weighted by Crippen LogP contribution is -2.39. The fourth-order valence-corrected chi connectivity index (χ4v) is 1.74. The highest BCUT2D eigenvalue weighted by Crippen LogP contribution is 2.34. The maximum absolute atomic E-state index is 14.0. The van der Waals surface area contributed by atoms with Crippen molar-refractivity contribution in [1.82, 2.24) is 15.5 Å². The molecule has 0 aliphatic carbocycles. The van der Waals surface area contributed by atoms with Crippen LogP contribution in [0.1, 0.15) is 24.8 Å². The van der Waals surface area contributed by atoms with Gasteiger partial charge in [-0.3, -0.25) is 10.1 Å². The van der Waals surface area contributed by atoms with E-state index in [-0.39, 0.29) is 6.42 Å². The molecule has 25 heavy (non-hydrogen) atoms. The van der Waals surface area contributed by atoms with Gasteiger partial charge in [0.05, 0.1) is 11.1 Å². The lowest BCUT2D eigenvalue weighted by Gasteiger charge is -2.19. The number of carbonyl (C=O) groups excluding carboxylic acids is 1. The summed E-state index contributed by atoms with van der Waals surface area (Å²) in [6.45, 7) is 1.26. The first-order chi connectivity index (χ1) is 11.5. The molecule has 0 spiro atoms. The predicted octanol–water partition coefficient (Wildman–Crippen LogP) is 3.61. The van der Waals surface area contributed by atoms with Crippen LogP contribution in [0.25, 0.3) is 11.4 Å². The summed E-state index contributed by atoms with van der Waals surface area (Å²) in [5.41, 5.74) is -2.42. The van der Waals surface area contributed by atoms with Crippen molar-refractivity contribution < 1.29 is 40.1 Å². The number of nitrogens with zero attached hydrogens (tertiary/aromatic N) is 2. The van der Waals surface area contributed by atoms with Gasteiger partial charge in [0.15, 0.2) is 11.6 Å². The van der Waals surface area contributed by atoms with Gasteiger partial charge in [0, 0.05) is 6.42 Å². The van der Waals surface area contributed by atoms with Crippen LogP contribution in [0, 0.1) is 11.6 Å². The molecule has 2 aromatic rings. The van der Waals surface area contributed by atoms with Crippen LogP contribution in [0.2, 0.25) is 0 Å². The third kappa shape index (κ3) is 3.72. The largest absolute Gasteiger partial charge is 0.471 e. The van der Waals surface area contributed by atoms with Gasteiger partial charge in [-0.05, 0) is 12.1 Å². The third-order valence-corrected chi connectivity index (χ3v) is 2.95. The average molecular weight is 371 g/mol. The number of halogens is 7. The smallest absolute Gasteiger partial charge is 0.329 e. The van der Waals surface area contributed by atoms with Crippen molar-refractivity contribution in [3.8, 4) is 11.4 Å². The molecule has 136 valence electrons. The van der Waals surface area contributed by atoms with Crippen LogP contribution in [-0.2, 0) is 17.0 Å². The Hall–Kier alpha value is -2.66. The Bertz CT molecular complexity index is 801. The molecular formula is C13H8F7N3O2. The Kier molecular flexibility index (Phi) is 4.73. The minimum Gasteiger partial charge on any atom is -0.329 e. The fourth-order valence-electron chi connectivity index (χ4n) is 1.74. The molecule has 0 fully saturated rings. The van der Waals surface area contributed by atoms with Crippen molar-refractivity contribution in [2.24, 2.45) is 0 Å². The van der Waals surface area contributed by atoms with Crippen LogP contribution >= 0.6 is 0 Å². The summed E-state index contributed by atoms with van der Waals surface area (Å²) in [4.78, 5) is 13.9. The SMILES string of the molecule is CCC(=O)NC(F)(F)c1ccc(-c2noc(C(F)(F)F)n2)c(F)c1F. The molecule has 0 unspecified atom stereocenters. The van der Waals surface area contributed by atoms with Crippen LogP contribution in [0.3, 0.4) is 0 Å². The zero-order valence-electron chi connectivity index (χ0n) is 12.2. The van der Waals surface area contributed by atoms with Gasteiger partial charge in [0.25, 0.3) is 0 Å². The summed E-state index contributed by atoms with van der Waals surface area (Å²) in [6, 6.07) is -3.29. The monoisotopic (exact) mass is 371 g/mol. The maximum atomic E-state index is 14.0. The molecule has 0 bridgehead atoms. The lowest BCUT2D eigenvalue weighted by atomic mass is 10.1. The van der Waals surface area contributed by atoms with E-state index in [2.05, 4.69) is 14.7 Å².